The van der Waals surface area contributed by atoms with Gasteiger partial charge in [-0.1, -0.05) is 37.3 Å². The van der Waals surface area contributed by atoms with Crippen LogP contribution < -0.4 is 5.32 Å². The van der Waals surface area contributed by atoms with E-state index < -0.39 is 0 Å². The van der Waals surface area contributed by atoms with Gasteiger partial charge in [0.05, 0.1) is 13.1 Å². The zero-order chi connectivity index (χ0) is 16.7. The molecule has 2 aromatic rings. The van der Waals surface area contributed by atoms with Crippen molar-refractivity contribution in [3.05, 3.63) is 57.8 Å². The molecule has 0 bridgehead atoms. The minimum absolute atomic E-state index is 0.153. The molecule has 0 unspecified atom stereocenters. The first-order chi connectivity index (χ1) is 11.1. The second-order valence-electron chi connectivity index (χ2n) is 5.94. The zero-order valence-electron chi connectivity index (χ0n) is 14.2. The SMILES string of the molecule is CC[C@H](C)NCC(=O)N(Cc1ccccc1)Cc1ccc(C)s1. The molecular formula is C19H26N2OS. The maximum atomic E-state index is 12.6. The summed E-state index contributed by atoms with van der Waals surface area (Å²) in [5.74, 6) is 0.153. The fraction of sp³-hybridized carbons (Fsp3) is 0.421. The van der Waals surface area contributed by atoms with Crippen LogP contribution in [0.25, 0.3) is 0 Å². The summed E-state index contributed by atoms with van der Waals surface area (Å²) < 4.78 is 0. The standard InChI is InChI=1S/C19H26N2OS/c1-4-15(2)20-12-19(22)21(13-17-8-6-5-7-9-17)14-18-11-10-16(3)23-18/h5-11,15,20H,4,12-14H2,1-3H3/t15-/m0/s1. The molecule has 4 heteroatoms. The number of nitrogens with one attached hydrogen (secondary N) is 1. The third-order valence-corrected chi connectivity index (χ3v) is 4.91. The molecule has 0 saturated carbocycles. The summed E-state index contributed by atoms with van der Waals surface area (Å²) >= 11 is 1.76. The molecule has 0 radical (unpaired) electrons. The molecule has 1 heterocycles. The van der Waals surface area contributed by atoms with Crippen LogP contribution in [0.15, 0.2) is 42.5 Å². The molecule has 1 aromatic heterocycles. The van der Waals surface area contributed by atoms with Crippen LogP contribution in [-0.2, 0) is 17.9 Å². The molecule has 3 nitrogen and oxygen atoms in total. The number of nitrogens with zero attached hydrogens (tertiary/aromatic N) is 1. The first-order valence-electron chi connectivity index (χ1n) is 8.19. The van der Waals surface area contributed by atoms with E-state index in [0.29, 0.717) is 25.7 Å². The number of benzene rings is 1. The van der Waals surface area contributed by atoms with Crippen LogP contribution in [0.5, 0.6) is 0 Å². The molecule has 0 fully saturated rings. The molecule has 0 aliphatic heterocycles. The van der Waals surface area contributed by atoms with E-state index in [1.807, 2.05) is 23.1 Å². The van der Waals surface area contributed by atoms with E-state index in [1.54, 1.807) is 11.3 Å². The van der Waals surface area contributed by atoms with E-state index in [2.05, 4.69) is 50.4 Å². The number of aryl methyl sites for hydroxylation is 1. The van der Waals surface area contributed by atoms with E-state index in [4.69, 9.17) is 0 Å². The predicted molar refractivity (Wildman–Crippen MR) is 97.5 cm³/mol. The van der Waals surface area contributed by atoms with E-state index in [9.17, 15) is 4.79 Å². The molecule has 1 N–H and O–H groups in total. The Morgan fingerprint density at radius 1 is 1.17 bits per heavy atom. The normalized spacial score (nSPS) is 12.1. The van der Waals surface area contributed by atoms with Crippen molar-refractivity contribution in [1.29, 1.82) is 0 Å². The minimum Gasteiger partial charge on any atom is -0.332 e. The molecule has 1 amide bonds. The number of hydrogen-bond donors (Lipinski definition) is 1. The number of amides is 1. The summed E-state index contributed by atoms with van der Waals surface area (Å²) in [7, 11) is 0. The second kappa shape index (κ2) is 8.85. The molecule has 0 aliphatic rings. The van der Waals surface area contributed by atoms with Crippen molar-refractivity contribution in [3.8, 4) is 0 Å². The highest BCUT2D eigenvalue weighted by atomic mass is 32.1. The number of carbonyl (C=O) groups excluding carboxylic acids is 1. The number of carbonyl (C=O) groups is 1. The molecule has 1 atom stereocenters. The van der Waals surface area contributed by atoms with Gasteiger partial charge in [-0.2, -0.15) is 0 Å². The molecular weight excluding hydrogens is 304 g/mol. The summed E-state index contributed by atoms with van der Waals surface area (Å²) in [6, 6.07) is 14.8. The van der Waals surface area contributed by atoms with Crippen molar-refractivity contribution < 1.29 is 4.79 Å². The van der Waals surface area contributed by atoms with Crippen LogP contribution in [0.2, 0.25) is 0 Å². The Labute approximate surface area is 143 Å². The highest BCUT2D eigenvalue weighted by Gasteiger charge is 2.16. The van der Waals surface area contributed by atoms with Crippen LogP contribution in [0.1, 0.15) is 35.6 Å². The highest BCUT2D eigenvalue weighted by molar-refractivity contribution is 7.11. The molecule has 2 rings (SSSR count). The van der Waals surface area contributed by atoms with Gasteiger partial charge in [0, 0.05) is 22.3 Å². The average molecular weight is 330 g/mol. The molecule has 1 aromatic carbocycles. The topological polar surface area (TPSA) is 32.3 Å². The smallest absolute Gasteiger partial charge is 0.237 e. The van der Waals surface area contributed by atoms with Gasteiger partial charge in [0.25, 0.3) is 0 Å². The quantitative estimate of drug-likeness (QED) is 0.794. The Hall–Kier alpha value is -1.65. The first kappa shape index (κ1) is 17.7. The van der Waals surface area contributed by atoms with Crippen molar-refractivity contribution >= 4 is 17.2 Å². The maximum absolute atomic E-state index is 12.6. The molecule has 0 aliphatic carbocycles. The van der Waals surface area contributed by atoms with Gasteiger partial charge in [-0.25, -0.2) is 0 Å². The van der Waals surface area contributed by atoms with Crippen molar-refractivity contribution in [2.75, 3.05) is 6.54 Å². The lowest BCUT2D eigenvalue weighted by atomic mass is 10.2. The molecule has 0 spiro atoms. The summed E-state index contributed by atoms with van der Waals surface area (Å²) in [4.78, 5) is 17.1. The third-order valence-electron chi connectivity index (χ3n) is 3.93. The largest absolute Gasteiger partial charge is 0.332 e. The van der Waals surface area contributed by atoms with Crippen LogP contribution in [-0.4, -0.2) is 23.4 Å². The monoisotopic (exact) mass is 330 g/mol. The Balaban J connectivity index is 2.05. The van der Waals surface area contributed by atoms with Crippen molar-refractivity contribution in [1.82, 2.24) is 10.2 Å². The molecule has 23 heavy (non-hydrogen) atoms. The maximum Gasteiger partial charge on any atom is 0.237 e. The lowest BCUT2D eigenvalue weighted by molar-refractivity contribution is -0.131. The Morgan fingerprint density at radius 2 is 1.91 bits per heavy atom. The zero-order valence-corrected chi connectivity index (χ0v) is 15.0. The van der Waals surface area contributed by atoms with Crippen molar-refractivity contribution in [2.24, 2.45) is 0 Å². The number of rotatable bonds is 8. The molecule has 0 saturated heterocycles. The Bertz CT molecular complexity index is 609. The van der Waals surface area contributed by atoms with Gasteiger partial charge in [0.15, 0.2) is 0 Å². The van der Waals surface area contributed by atoms with E-state index in [1.165, 1.54) is 9.75 Å². The van der Waals surface area contributed by atoms with Gasteiger partial charge in [-0.15, -0.1) is 11.3 Å². The van der Waals surface area contributed by atoms with Crippen LogP contribution in [0, 0.1) is 6.92 Å². The van der Waals surface area contributed by atoms with Crippen LogP contribution in [0.4, 0.5) is 0 Å². The van der Waals surface area contributed by atoms with E-state index in [0.717, 1.165) is 12.0 Å². The highest BCUT2D eigenvalue weighted by Crippen LogP contribution is 2.18. The summed E-state index contributed by atoms with van der Waals surface area (Å²) in [6.45, 7) is 8.05. The van der Waals surface area contributed by atoms with Crippen molar-refractivity contribution in [3.63, 3.8) is 0 Å². The fourth-order valence-corrected chi connectivity index (χ4v) is 3.22. The second-order valence-corrected chi connectivity index (χ2v) is 7.31. The van der Waals surface area contributed by atoms with E-state index in [-0.39, 0.29) is 5.91 Å². The van der Waals surface area contributed by atoms with E-state index >= 15 is 0 Å². The molecule has 124 valence electrons. The summed E-state index contributed by atoms with van der Waals surface area (Å²) in [5, 5.41) is 3.30. The van der Waals surface area contributed by atoms with Gasteiger partial charge in [-0.05, 0) is 38.0 Å². The predicted octanol–water partition coefficient (Wildman–Crippen LogP) is 3.97. The number of thiophene rings is 1. The fourth-order valence-electron chi connectivity index (χ4n) is 2.31. The third kappa shape index (κ3) is 5.81. The lowest BCUT2D eigenvalue weighted by Gasteiger charge is -2.23. The lowest BCUT2D eigenvalue weighted by Crippen LogP contribution is -2.40. The summed E-state index contributed by atoms with van der Waals surface area (Å²) in [5.41, 5.74) is 1.16. The van der Waals surface area contributed by atoms with Gasteiger partial charge in [0.1, 0.15) is 0 Å². The first-order valence-corrected chi connectivity index (χ1v) is 9.00. The number of hydrogen-bond acceptors (Lipinski definition) is 3. The van der Waals surface area contributed by atoms with Gasteiger partial charge >= 0.3 is 0 Å². The average Bonchev–Trinajstić information content (AvgIpc) is 2.97. The Morgan fingerprint density at radius 3 is 2.52 bits per heavy atom. The van der Waals surface area contributed by atoms with Gasteiger partial charge in [-0.3, -0.25) is 4.79 Å². The minimum atomic E-state index is 0.153. The van der Waals surface area contributed by atoms with Gasteiger partial charge in [0.2, 0.25) is 5.91 Å². The van der Waals surface area contributed by atoms with Crippen molar-refractivity contribution in [2.45, 2.75) is 46.3 Å². The van der Waals surface area contributed by atoms with Crippen LogP contribution in [0.3, 0.4) is 0 Å². The summed E-state index contributed by atoms with van der Waals surface area (Å²) in [6.07, 6.45) is 1.02. The van der Waals surface area contributed by atoms with Crippen LogP contribution >= 0.6 is 11.3 Å². The van der Waals surface area contributed by atoms with Gasteiger partial charge < -0.3 is 10.2 Å². The Kier molecular flexibility index (Phi) is 6.81.